The third kappa shape index (κ3) is 2.88. The van der Waals surface area contributed by atoms with E-state index in [2.05, 4.69) is 27.3 Å². The fourth-order valence-corrected chi connectivity index (χ4v) is 2.79. The highest BCUT2D eigenvalue weighted by Gasteiger charge is 2.14. The van der Waals surface area contributed by atoms with E-state index in [9.17, 15) is 0 Å². The average molecular weight is 271 g/mol. The summed E-state index contributed by atoms with van der Waals surface area (Å²) in [4.78, 5) is 9.12. The van der Waals surface area contributed by atoms with Gasteiger partial charge < -0.3 is 5.32 Å². The first-order valence-electron chi connectivity index (χ1n) is 7.40. The number of piperidine rings is 1. The van der Waals surface area contributed by atoms with Crippen molar-refractivity contribution < 1.29 is 0 Å². The van der Waals surface area contributed by atoms with Gasteiger partial charge in [0, 0.05) is 18.9 Å². The first kappa shape index (κ1) is 13.2. The monoisotopic (exact) mass is 271 g/mol. The summed E-state index contributed by atoms with van der Waals surface area (Å²) >= 11 is 0. The molecule has 5 nitrogen and oxygen atoms in total. The van der Waals surface area contributed by atoms with Crippen molar-refractivity contribution in [1.82, 2.24) is 25.1 Å². The molecule has 1 saturated heterocycles. The van der Waals surface area contributed by atoms with E-state index in [1.54, 1.807) is 0 Å². The zero-order valence-electron chi connectivity index (χ0n) is 11.9. The number of aromatic nitrogens is 4. The van der Waals surface area contributed by atoms with Crippen LogP contribution in [0.3, 0.4) is 0 Å². The summed E-state index contributed by atoms with van der Waals surface area (Å²) in [5, 5.41) is 7.71. The molecule has 0 aromatic carbocycles. The predicted molar refractivity (Wildman–Crippen MR) is 78.2 cm³/mol. The molecule has 0 amide bonds. The summed E-state index contributed by atoms with van der Waals surface area (Å²) in [6, 6.07) is 1.98. The molecule has 2 aromatic rings. The predicted octanol–water partition coefficient (Wildman–Crippen LogP) is 1.90. The zero-order chi connectivity index (χ0) is 13.8. The van der Waals surface area contributed by atoms with E-state index in [-0.39, 0.29) is 0 Å². The van der Waals surface area contributed by atoms with Gasteiger partial charge in [0.1, 0.15) is 5.69 Å². The van der Waals surface area contributed by atoms with Crippen LogP contribution in [-0.4, -0.2) is 32.8 Å². The molecule has 0 spiro atoms. The van der Waals surface area contributed by atoms with Gasteiger partial charge in [-0.05, 0) is 51.3 Å². The lowest BCUT2D eigenvalue weighted by molar-refractivity contribution is 0.373. The Morgan fingerprint density at radius 3 is 3.00 bits per heavy atom. The molecule has 1 aliphatic rings. The Bertz CT molecular complexity index is 540. The number of nitrogens with one attached hydrogen (secondary N) is 1. The van der Waals surface area contributed by atoms with Crippen LogP contribution < -0.4 is 5.32 Å². The zero-order valence-corrected chi connectivity index (χ0v) is 11.9. The Morgan fingerprint density at radius 2 is 2.30 bits per heavy atom. The van der Waals surface area contributed by atoms with E-state index in [4.69, 9.17) is 0 Å². The highest BCUT2D eigenvalue weighted by Crippen LogP contribution is 2.18. The molecule has 1 atom stereocenters. The molecule has 0 aliphatic carbocycles. The summed E-state index contributed by atoms with van der Waals surface area (Å²) in [6.07, 6.45) is 9.17. The molecular formula is C15H21N5. The normalized spacial score (nSPS) is 19.1. The second-order valence-corrected chi connectivity index (χ2v) is 5.34. The number of hydrogen-bond donors (Lipinski definition) is 1. The molecule has 3 rings (SSSR count). The van der Waals surface area contributed by atoms with Crippen molar-refractivity contribution in [2.75, 3.05) is 13.1 Å². The molecule has 0 bridgehead atoms. The summed E-state index contributed by atoms with van der Waals surface area (Å²) in [7, 11) is 0. The molecule has 1 aliphatic heterocycles. The van der Waals surface area contributed by atoms with Gasteiger partial charge in [-0.25, -0.2) is 0 Å². The number of hydrogen-bond acceptors (Lipinski definition) is 4. The third-order valence-electron chi connectivity index (χ3n) is 3.88. The molecule has 0 saturated carbocycles. The molecule has 0 unspecified atom stereocenters. The maximum Gasteiger partial charge on any atom is 0.107 e. The average Bonchev–Trinajstić information content (AvgIpc) is 2.98. The van der Waals surface area contributed by atoms with E-state index in [1.165, 1.54) is 12.8 Å². The first-order valence-corrected chi connectivity index (χ1v) is 7.40. The van der Waals surface area contributed by atoms with Gasteiger partial charge in [-0.15, -0.1) is 0 Å². The van der Waals surface area contributed by atoms with E-state index in [0.717, 1.165) is 43.1 Å². The first-order chi connectivity index (χ1) is 9.86. The lowest BCUT2D eigenvalue weighted by Gasteiger charge is -2.22. The van der Waals surface area contributed by atoms with Crippen molar-refractivity contribution in [3.05, 3.63) is 30.4 Å². The minimum absolute atomic E-state index is 0.699. The lowest BCUT2D eigenvalue weighted by atomic mass is 9.95. The summed E-state index contributed by atoms with van der Waals surface area (Å²) in [5.41, 5.74) is 3.02. The highest BCUT2D eigenvalue weighted by atomic mass is 15.3. The van der Waals surface area contributed by atoms with Crippen LogP contribution in [0.1, 0.15) is 25.5 Å². The van der Waals surface area contributed by atoms with Crippen LogP contribution in [0, 0.1) is 5.92 Å². The number of nitrogens with zero attached hydrogens (tertiary/aromatic N) is 4. The van der Waals surface area contributed by atoms with Crippen LogP contribution in [0.4, 0.5) is 0 Å². The fourth-order valence-electron chi connectivity index (χ4n) is 2.79. The van der Waals surface area contributed by atoms with Crippen LogP contribution >= 0.6 is 0 Å². The molecule has 3 heterocycles. The van der Waals surface area contributed by atoms with Crippen molar-refractivity contribution in [3.8, 4) is 11.4 Å². The van der Waals surface area contributed by atoms with Crippen LogP contribution in [-0.2, 0) is 13.0 Å². The van der Waals surface area contributed by atoms with Crippen LogP contribution in [0.5, 0.6) is 0 Å². The van der Waals surface area contributed by atoms with Crippen molar-refractivity contribution >= 4 is 0 Å². The fraction of sp³-hybridized carbons (Fsp3) is 0.533. The van der Waals surface area contributed by atoms with E-state index in [0.29, 0.717) is 5.92 Å². The maximum absolute atomic E-state index is 4.57. The Kier molecular flexibility index (Phi) is 4.06. The van der Waals surface area contributed by atoms with Gasteiger partial charge in [0.05, 0.1) is 17.6 Å². The van der Waals surface area contributed by atoms with Gasteiger partial charge in [0.15, 0.2) is 0 Å². The minimum Gasteiger partial charge on any atom is -0.316 e. The maximum atomic E-state index is 4.57. The molecule has 1 fully saturated rings. The van der Waals surface area contributed by atoms with Crippen molar-refractivity contribution in [2.24, 2.45) is 5.92 Å². The van der Waals surface area contributed by atoms with Crippen LogP contribution in [0.2, 0.25) is 0 Å². The minimum atomic E-state index is 0.699. The quantitative estimate of drug-likeness (QED) is 0.923. The Balaban J connectivity index is 1.71. The second-order valence-electron chi connectivity index (χ2n) is 5.34. The van der Waals surface area contributed by atoms with Gasteiger partial charge >= 0.3 is 0 Å². The largest absolute Gasteiger partial charge is 0.316 e. The van der Waals surface area contributed by atoms with Crippen molar-refractivity contribution in [2.45, 2.75) is 32.7 Å². The van der Waals surface area contributed by atoms with Crippen molar-refractivity contribution in [3.63, 3.8) is 0 Å². The Morgan fingerprint density at radius 1 is 1.35 bits per heavy atom. The van der Waals surface area contributed by atoms with Crippen molar-refractivity contribution in [1.29, 1.82) is 0 Å². The third-order valence-corrected chi connectivity index (χ3v) is 3.88. The summed E-state index contributed by atoms with van der Waals surface area (Å²) < 4.78 is 1.94. The van der Waals surface area contributed by atoms with Gasteiger partial charge in [-0.3, -0.25) is 14.6 Å². The molecule has 0 radical (unpaired) electrons. The molecule has 106 valence electrons. The Labute approximate surface area is 119 Å². The number of rotatable bonds is 4. The Hall–Kier alpha value is -1.75. The summed E-state index contributed by atoms with van der Waals surface area (Å²) in [5.74, 6) is 0.699. The van der Waals surface area contributed by atoms with E-state index < -0.39 is 0 Å². The lowest BCUT2D eigenvalue weighted by Crippen LogP contribution is -2.31. The molecule has 5 heteroatoms. The molecule has 20 heavy (non-hydrogen) atoms. The smallest absolute Gasteiger partial charge is 0.107 e. The van der Waals surface area contributed by atoms with Gasteiger partial charge in [-0.2, -0.15) is 5.10 Å². The van der Waals surface area contributed by atoms with E-state index >= 15 is 0 Å². The number of aryl methyl sites for hydroxylation is 1. The van der Waals surface area contributed by atoms with Gasteiger partial charge in [0.25, 0.3) is 0 Å². The molecule has 1 N–H and O–H groups in total. The molecule has 2 aromatic heterocycles. The standard InChI is InChI=1S/C15H21N5/c1-2-20-15(5-7-19-20)14-11-17-13(10-18-14)8-12-4-3-6-16-9-12/h5,7,10-12,16H,2-4,6,8-9H2,1H3/t12-/m0/s1. The highest BCUT2D eigenvalue weighted by molar-refractivity contribution is 5.52. The van der Waals surface area contributed by atoms with Crippen LogP contribution in [0.15, 0.2) is 24.7 Å². The summed E-state index contributed by atoms with van der Waals surface area (Å²) in [6.45, 7) is 5.18. The van der Waals surface area contributed by atoms with E-state index in [1.807, 2.05) is 29.3 Å². The van der Waals surface area contributed by atoms with Gasteiger partial charge in [0.2, 0.25) is 0 Å². The van der Waals surface area contributed by atoms with Crippen LogP contribution in [0.25, 0.3) is 11.4 Å². The SMILES string of the molecule is CCn1nccc1-c1cnc(C[C@@H]2CCCNC2)cn1. The van der Waals surface area contributed by atoms with Gasteiger partial charge in [-0.1, -0.05) is 0 Å². The topological polar surface area (TPSA) is 55.6 Å². The molecular weight excluding hydrogens is 250 g/mol. The second kappa shape index (κ2) is 6.13.